The lowest BCUT2D eigenvalue weighted by Crippen LogP contribution is -2.44. The first-order chi connectivity index (χ1) is 14.0. The molecule has 1 atom stereocenters. The Morgan fingerprint density at radius 1 is 1.31 bits per heavy atom. The Balaban J connectivity index is 1.95. The van der Waals surface area contributed by atoms with Crippen LogP contribution in [0.4, 0.5) is 0 Å². The third kappa shape index (κ3) is 8.07. The van der Waals surface area contributed by atoms with E-state index in [0.717, 1.165) is 18.7 Å². The largest absolute Gasteiger partial charge is 0.356 e. The van der Waals surface area contributed by atoms with E-state index in [4.69, 9.17) is 10.1 Å². The molecule has 0 radical (unpaired) electrons. The van der Waals surface area contributed by atoms with Gasteiger partial charge in [-0.2, -0.15) is 5.10 Å². The fourth-order valence-corrected chi connectivity index (χ4v) is 3.67. The molecule has 2 rings (SSSR count). The molecule has 2 N–H and O–H groups in total. The normalized spacial score (nSPS) is 16.1. The van der Waals surface area contributed by atoms with E-state index in [1.807, 2.05) is 0 Å². The minimum Gasteiger partial charge on any atom is -0.356 e. The van der Waals surface area contributed by atoms with Gasteiger partial charge < -0.3 is 15.5 Å². The van der Waals surface area contributed by atoms with Gasteiger partial charge in [0.1, 0.15) is 0 Å². The van der Waals surface area contributed by atoms with Crippen molar-refractivity contribution in [3.63, 3.8) is 0 Å². The number of carbonyl (C=O) groups is 1. The van der Waals surface area contributed by atoms with E-state index < -0.39 is 0 Å². The van der Waals surface area contributed by atoms with Crippen LogP contribution in [0.1, 0.15) is 76.9 Å². The number of aliphatic imine (C=N–C) groups is 1. The average molecular weight is 405 g/mol. The van der Waals surface area contributed by atoms with Crippen LogP contribution in [0.2, 0.25) is 0 Å². The molecule has 0 spiro atoms. The van der Waals surface area contributed by atoms with Gasteiger partial charge in [-0.3, -0.25) is 9.48 Å². The highest BCUT2D eigenvalue weighted by atomic mass is 16.2. The van der Waals surface area contributed by atoms with Crippen molar-refractivity contribution in [2.75, 3.05) is 27.2 Å². The summed E-state index contributed by atoms with van der Waals surface area (Å²) in [6.07, 6.45) is 11.9. The van der Waals surface area contributed by atoms with Crippen LogP contribution >= 0.6 is 0 Å². The van der Waals surface area contributed by atoms with E-state index in [-0.39, 0.29) is 12.5 Å². The zero-order chi connectivity index (χ0) is 21.1. The second-order valence-electron chi connectivity index (χ2n) is 8.33. The van der Waals surface area contributed by atoms with Crippen molar-refractivity contribution in [3.05, 3.63) is 18.0 Å². The van der Waals surface area contributed by atoms with Crippen LogP contribution in [-0.2, 0) is 11.3 Å². The lowest BCUT2D eigenvalue weighted by molar-refractivity contribution is -0.127. The number of amides is 1. The number of hydrogen-bond donors (Lipinski definition) is 2. The van der Waals surface area contributed by atoms with Gasteiger partial charge >= 0.3 is 0 Å². The van der Waals surface area contributed by atoms with Crippen molar-refractivity contribution in [1.82, 2.24) is 25.3 Å². The van der Waals surface area contributed by atoms with Crippen molar-refractivity contribution in [2.45, 2.75) is 77.8 Å². The summed E-state index contributed by atoms with van der Waals surface area (Å²) >= 11 is 0. The monoisotopic (exact) mass is 404 g/mol. The predicted molar refractivity (Wildman–Crippen MR) is 119 cm³/mol. The third-order valence-corrected chi connectivity index (χ3v) is 5.77. The molecule has 0 aromatic carbocycles. The van der Waals surface area contributed by atoms with Crippen molar-refractivity contribution >= 4 is 11.9 Å². The maximum Gasteiger partial charge on any atom is 0.241 e. The van der Waals surface area contributed by atoms with Crippen LogP contribution in [-0.4, -0.2) is 53.7 Å². The molecule has 7 nitrogen and oxygen atoms in total. The molecule has 0 aliphatic heterocycles. The van der Waals surface area contributed by atoms with E-state index in [9.17, 15) is 4.79 Å². The summed E-state index contributed by atoms with van der Waals surface area (Å²) in [4.78, 5) is 18.3. The van der Waals surface area contributed by atoms with Crippen LogP contribution in [0.25, 0.3) is 0 Å². The molecule has 1 aromatic rings. The van der Waals surface area contributed by atoms with Gasteiger partial charge in [0.2, 0.25) is 5.91 Å². The Kier molecular flexibility index (Phi) is 10.0. The Labute approximate surface area is 176 Å². The zero-order valence-corrected chi connectivity index (χ0v) is 18.8. The van der Waals surface area contributed by atoms with E-state index in [0.29, 0.717) is 24.5 Å². The van der Waals surface area contributed by atoms with Gasteiger partial charge in [0.05, 0.1) is 24.8 Å². The summed E-state index contributed by atoms with van der Waals surface area (Å²) in [5.74, 6) is 1.33. The zero-order valence-electron chi connectivity index (χ0n) is 18.8. The number of unbranched alkanes of at least 4 members (excludes halogenated alkanes) is 1. The maximum absolute atomic E-state index is 12.0. The van der Waals surface area contributed by atoms with Gasteiger partial charge in [0, 0.05) is 26.8 Å². The predicted octanol–water partition coefficient (Wildman–Crippen LogP) is 3.34. The number of rotatable bonds is 11. The Hall–Kier alpha value is -2.05. The quantitative estimate of drug-likeness (QED) is 0.438. The van der Waals surface area contributed by atoms with Gasteiger partial charge in [-0.05, 0) is 31.2 Å². The molecule has 1 heterocycles. The SMILES string of the molecule is CCCCC(CC)CNC(=NCc1ccn(C2CCCC2)n1)NCC(=O)N(C)C. The number of hydrogen-bond acceptors (Lipinski definition) is 3. The first-order valence-electron chi connectivity index (χ1n) is 11.3. The molecular formula is C22H40N6O. The van der Waals surface area contributed by atoms with Crippen LogP contribution in [0.3, 0.4) is 0 Å². The average Bonchev–Trinajstić information content (AvgIpc) is 3.40. The highest BCUT2D eigenvalue weighted by Crippen LogP contribution is 2.28. The van der Waals surface area contributed by atoms with Crippen molar-refractivity contribution < 1.29 is 4.79 Å². The Morgan fingerprint density at radius 3 is 2.72 bits per heavy atom. The highest BCUT2D eigenvalue weighted by molar-refractivity contribution is 5.86. The molecule has 0 bridgehead atoms. The second-order valence-corrected chi connectivity index (χ2v) is 8.33. The fraction of sp³-hybridized carbons (Fsp3) is 0.773. The van der Waals surface area contributed by atoms with Crippen LogP contribution in [0.15, 0.2) is 17.3 Å². The first kappa shape index (κ1) is 23.2. The second kappa shape index (κ2) is 12.5. The summed E-state index contributed by atoms with van der Waals surface area (Å²) in [5.41, 5.74) is 0.968. The van der Waals surface area contributed by atoms with Gasteiger partial charge in [0.25, 0.3) is 0 Å². The first-order valence-corrected chi connectivity index (χ1v) is 11.3. The molecule has 0 saturated heterocycles. The summed E-state index contributed by atoms with van der Waals surface area (Å²) in [6, 6.07) is 2.60. The van der Waals surface area contributed by atoms with E-state index in [1.165, 1.54) is 44.9 Å². The molecule has 164 valence electrons. The summed E-state index contributed by atoms with van der Waals surface area (Å²) in [7, 11) is 3.53. The Bertz CT molecular complexity index is 633. The smallest absolute Gasteiger partial charge is 0.241 e. The molecular weight excluding hydrogens is 364 g/mol. The van der Waals surface area contributed by atoms with Gasteiger partial charge in [-0.25, -0.2) is 4.99 Å². The van der Waals surface area contributed by atoms with Crippen molar-refractivity contribution in [3.8, 4) is 0 Å². The van der Waals surface area contributed by atoms with Crippen LogP contribution < -0.4 is 10.6 Å². The minimum atomic E-state index is 0.0306. The van der Waals surface area contributed by atoms with E-state index in [1.54, 1.807) is 19.0 Å². The van der Waals surface area contributed by atoms with Gasteiger partial charge in [-0.15, -0.1) is 0 Å². The topological polar surface area (TPSA) is 74.5 Å². The Morgan fingerprint density at radius 2 is 2.07 bits per heavy atom. The molecule has 7 heteroatoms. The van der Waals surface area contributed by atoms with Crippen LogP contribution in [0, 0.1) is 5.92 Å². The number of nitrogens with one attached hydrogen (secondary N) is 2. The summed E-state index contributed by atoms with van der Waals surface area (Å²) in [5, 5.41) is 11.3. The number of nitrogens with zero attached hydrogens (tertiary/aromatic N) is 4. The van der Waals surface area contributed by atoms with Gasteiger partial charge in [0.15, 0.2) is 5.96 Å². The molecule has 1 amide bonds. The van der Waals surface area contributed by atoms with Crippen molar-refractivity contribution in [1.29, 1.82) is 0 Å². The molecule has 1 unspecified atom stereocenters. The standard InChI is InChI=1S/C22H40N6O/c1-5-7-10-18(6-2)15-23-22(25-17-21(29)27(3)4)24-16-19-13-14-28(26-19)20-11-8-9-12-20/h13-14,18,20H,5-12,15-17H2,1-4H3,(H2,23,24,25). The van der Waals surface area contributed by atoms with Gasteiger partial charge in [-0.1, -0.05) is 46.0 Å². The number of carbonyl (C=O) groups excluding carboxylic acids is 1. The number of likely N-dealkylation sites (N-methyl/N-ethyl adjacent to an activating group) is 1. The summed E-state index contributed by atoms with van der Waals surface area (Å²) < 4.78 is 2.10. The minimum absolute atomic E-state index is 0.0306. The fourth-order valence-electron chi connectivity index (χ4n) is 3.67. The van der Waals surface area contributed by atoms with Crippen molar-refractivity contribution in [2.24, 2.45) is 10.9 Å². The highest BCUT2D eigenvalue weighted by Gasteiger charge is 2.17. The van der Waals surface area contributed by atoms with E-state index in [2.05, 4.69) is 41.4 Å². The number of aromatic nitrogens is 2. The molecule has 1 saturated carbocycles. The molecule has 29 heavy (non-hydrogen) atoms. The molecule has 1 aromatic heterocycles. The maximum atomic E-state index is 12.0. The lowest BCUT2D eigenvalue weighted by atomic mass is 9.99. The molecule has 1 aliphatic rings. The lowest BCUT2D eigenvalue weighted by Gasteiger charge is -2.19. The molecule has 1 fully saturated rings. The van der Waals surface area contributed by atoms with Crippen LogP contribution in [0.5, 0.6) is 0 Å². The summed E-state index contributed by atoms with van der Waals surface area (Å²) in [6.45, 7) is 6.08. The molecule has 1 aliphatic carbocycles. The van der Waals surface area contributed by atoms with E-state index >= 15 is 0 Å². The third-order valence-electron chi connectivity index (χ3n) is 5.77. The number of guanidine groups is 1.